The highest BCUT2D eigenvalue weighted by molar-refractivity contribution is 6.34. The Morgan fingerprint density at radius 1 is 1.34 bits per heavy atom. The Hall–Kier alpha value is -3.55. The summed E-state index contributed by atoms with van der Waals surface area (Å²) in [6, 6.07) is 0. The Labute approximate surface area is 209 Å². The summed E-state index contributed by atoms with van der Waals surface area (Å²) in [5.41, 5.74) is 9.80. The van der Waals surface area contributed by atoms with Gasteiger partial charge in [-0.3, -0.25) is 4.98 Å². The molecule has 0 saturated heterocycles. The van der Waals surface area contributed by atoms with Crippen molar-refractivity contribution in [1.29, 1.82) is 0 Å². The van der Waals surface area contributed by atoms with Crippen LogP contribution in [0.2, 0.25) is 5.15 Å². The molecule has 1 amide bonds. The van der Waals surface area contributed by atoms with Gasteiger partial charge in [-0.25, -0.2) is 9.78 Å². The van der Waals surface area contributed by atoms with Gasteiger partial charge in [0.15, 0.2) is 0 Å². The number of nitrogen functional groups attached to an aromatic ring is 1. The number of likely N-dealkylation sites (N-methyl/N-ethyl adjacent to an activating group) is 2. The summed E-state index contributed by atoms with van der Waals surface area (Å²) < 4.78 is 12.7. The number of methoxy groups -OCH3 is 1. The van der Waals surface area contributed by atoms with Crippen molar-refractivity contribution in [3.8, 4) is 17.6 Å². The van der Waals surface area contributed by atoms with Crippen molar-refractivity contribution in [3.63, 3.8) is 0 Å². The van der Waals surface area contributed by atoms with Gasteiger partial charge < -0.3 is 30.0 Å². The van der Waals surface area contributed by atoms with Gasteiger partial charge in [-0.1, -0.05) is 23.4 Å². The standard InChI is InChI=1S/C24H30ClN7O3/c1-15-12-28-18(16(2)20(15)34-5)14-32-13-17(19-21(25)29-23(26)30-22(19)32)8-6-7-11-35-24(33)31(4)10-9-27-3/h12-13,27H,7,9-11,14H2,1-5H3,(H2,26,29,30). The lowest BCUT2D eigenvalue weighted by atomic mass is 10.1. The average molecular weight is 500 g/mol. The molecule has 0 radical (unpaired) electrons. The summed E-state index contributed by atoms with van der Waals surface area (Å²) in [6.07, 6.45) is 3.60. The van der Waals surface area contributed by atoms with Gasteiger partial charge >= 0.3 is 6.09 Å². The summed E-state index contributed by atoms with van der Waals surface area (Å²) in [6.45, 7) is 5.76. The Kier molecular flexibility index (Phi) is 8.73. The van der Waals surface area contributed by atoms with Crippen molar-refractivity contribution < 1.29 is 14.3 Å². The monoisotopic (exact) mass is 499 g/mol. The minimum atomic E-state index is -0.387. The number of amides is 1. The second kappa shape index (κ2) is 11.7. The Morgan fingerprint density at radius 2 is 2.11 bits per heavy atom. The lowest BCUT2D eigenvalue weighted by Gasteiger charge is -2.15. The summed E-state index contributed by atoms with van der Waals surface area (Å²) in [5.74, 6) is 7.00. The van der Waals surface area contributed by atoms with Crippen LogP contribution in [0.4, 0.5) is 10.7 Å². The third kappa shape index (κ3) is 6.12. The fourth-order valence-corrected chi connectivity index (χ4v) is 3.87. The van der Waals surface area contributed by atoms with Gasteiger partial charge in [0, 0.05) is 50.1 Å². The van der Waals surface area contributed by atoms with Gasteiger partial charge in [0.25, 0.3) is 0 Å². The largest absolute Gasteiger partial charge is 0.496 e. The predicted molar refractivity (Wildman–Crippen MR) is 136 cm³/mol. The molecule has 10 nitrogen and oxygen atoms in total. The van der Waals surface area contributed by atoms with Crippen molar-refractivity contribution in [2.45, 2.75) is 26.8 Å². The summed E-state index contributed by atoms with van der Waals surface area (Å²) >= 11 is 6.41. The second-order valence-corrected chi connectivity index (χ2v) is 8.34. The smallest absolute Gasteiger partial charge is 0.409 e. The molecule has 0 aliphatic carbocycles. The van der Waals surface area contributed by atoms with E-state index in [-0.39, 0.29) is 23.8 Å². The van der Waals surface area contributed by atoms with Crippen LogP contribution in [0.25, 0.3) is 11.0 Å². The third-order valence-electron chi connectivity index (χ3n) is 5.44. The van der Waals surface area contributed by atoms with Crippen LogP contribution in [0.15, 0.2) is 12.4 Å². The molecular formula is C24H30ClN7O3. The molecule has 0 atom stereocenters. The van der Waals surface area contributed by atoms with Gasteiger partial charge in [-0.2, -0.15) is 4.98 Å². The highest BCUT2D eigenvalue weighted by Crippen LogP contribution is 2.29. The Bertz CT molecular complexity index is 1280. The summed E-state index contributed by atoms with van der Waals surface area (Å²) in [4.78, 5) is 26.5. The Balaban J connectivity index is 1.82. The molecule has 3 aromatic rings. The van der Waals surface area contributed by atoms with E-state index in [4.69, 9.17) is 26.8 Å². The van der Waals surface area contributed by atoms with Crippen LogP contribution < -0.4 is 15.8 Å². The number of carbonyl (C=O) groups excluding carboxylic acids is 1. The number of nitrogens with two attached hydrogens (primary N) is 1. The normalized spacial score (nSPS) is 10.7. The number of aryl methyl sites for hydroxylation is 1. The highest BCUT2D eigenvalue weighted by Gasteiger charge is 2.17. The van der Waals surface area contributed by atoms with E-state index in [9.17, 15) is 4.79 Å². The first-order valence-corrected chi connectivity index (χ1v) is 11.5. The molecule has 0 fully saturated rings. The first-order chi connectivity index (χ1) is 16.8. The van der Waals surface area contributed by atoms with Crippen molar-refractivity contribution >= 4 is 34.7 Å². The molecule has 3 heterocycles. The maximum Gasteiger partial charge on any atom is 0.409 e. The zero-order valence-electron chi connectivity index (χ0n) is 20.6. The van der Waals surface area contributed by atoms with Crippen molar-refractivity contribution in [1.82, 2.24) is 29.7 Å². The molecule has 0 aliphatic heterocycles. The minimum absolute atomic E-state index is 0.0711. The number of halogens is 1. The zero-order chi connectivity index (χ0) is 25.5. The minimum Gasteiger partial charge on any atom is -0.496 e. The number of aromatic nitrogens is 4. The second-order valence-electron chi connectivity index (χ2n) is 7.98. The van der Waals surface area contributed by atoms with Crippen molar-refractivity contribution in [3.05, 3.63) is 39.9 Å². The summed E-state index contributed by atoms with van der Waals surface area (Å²) in [7, 11) is 5.16. The van der Waals surface area contributed by atoms with E-state index in [1.54, 1.807) is 20.4 Å². The SMILES string of the molecule is CNCCN(C)C(=O)OCCC#Cc1cn(Cc2ncc(C)c(OC)c2C)c2nc(N)nc(Cl)c12. The maximum atomic E-state index is 12.0. The molecular weight excluding hydrogens is 470 g/mol. The number of pyridine rings is 1. The fourth-order valence-electron chi connectivity index (χ4n) is 3.59. The van der Waals surface area contributed by atoms with Crippen LogP contribution in [0.1, 0.15) is 28.8 Å². The number of fused-ring (bicyclic) bond motifs is 1. The van der Waals surface area contributed by atoms with E-state index >= 15 is 0 Å². The number of hydrogen-bond acceptors (Lipinski definition) is 8. The highest BCUT2D eigenvalue weighted by atomic mass is 35.5. The quantitative estimate of drug-likeness (QED) is 0.276. The number of nitrogens with zero attached hydrogens (tertiary/aromatic N) is 5. The van der Waals surface area contributed by atoms with Crippen LogP contribution in [0.3, 0.4) is 0 Å². The number of ether oxygens (including phenoxy) is 2. The molecule has 3 N–H and O–H groups in total. The Morgan fingerprint density at radius 3 is 2.83 bits per heavy atom. The molecule has 3 rings (SSSR count). The number of hydrogen-bond donors (Lipinski definition) is 2. The molecule has 35 heavy (non-hydrogen) atoms. The summed E-state index contributed by atoms with van der Waals surface area (Å²) in [5, 5.41) is 3.81. The molecule has 186 valence electrons. The number of nitrogens with one attached hydrogen (secondary N) is 1. The van der Waals surface area contributed by atoms with Crippen LogP contribution >= 0.6 is 11.6 Å². The number of anilines is 1. The molecule has 0 aliphatic rings. The average Bonchev–Trinajstić information content (AvgIpc) is 3.16. The van der Waals surface area contributed by atoms with E-state index in [2.05, 4.69) is 32.1 Å². The van der Waals surface area contributed by atoms with Crippen molar-refractivity contribution in [2.75, 3.05) is 46.6 Å². The van der Waals surface area contributed by atoms with Gasteiger partial charge in [-0.05, 0) is 20.9 Å². The number of carbonyl (C=O) groups is 1. The van der Waals surface area contributed by atoms with Gasteiger partial charge in [0.05, 0.1) is 30.3 Å². The number of rotatable bonds is 8. The van der Waals surface area contributed by atoms with Gasteiger partial charge in [-0.15, -0.1) is 0 Å². The van der Waals surface area contributed by atoms with E-state index in [1.165, 1.54) is 4.90 Å². The maximum absolute atomic E-state index is 12.0. The molecule has 0 spiro atoms. The van der Waals surface area contributed by atoms with Crippen LogP contribution in [-0.4, -0.2) is 71.4 Å². The van der Waals surface area contributed by atoms with Crippen molar-refractivity contribution in [2.24, 2.45) is 0 Å². The van der Waals surface area contributed by atoms with E-state index in [0.29, 0.717) is 42.7 Å². The van der Waals surface area contributed by atoms with Crippen LogP contribution in [0.5, 0.6) is 5.75 Å². The lowest BCUT2D eigenvalue weighted by molar-refractivity contribution is 0.113. The lowest BCUT2D eigenvalue weighted by Crippen LogP contribution is -2.33. The van der Waals surface area contributed by atoms with Crippen LogP contribution in [-0.2, 0) is 11.3 Å². The van der Waals surface area contributed by atoms with E-state index in [0.717, 1.165) is 22.6 Å². The van der Waals surface area contributed by atoms with Crippen LogP contribution in [0, 0.1) is 25.7 Å². The van der Waals surface area contributed by atoms with Gasteiger partial charge in [0.2, 0.25) is 5.95 Å². The first-order valence-electron chi connectivity index (χ1n) is 11.1. The molecule has 0 saturated carbocycles. The van der Waals surface area contributed by atoms with Gasteiger partial charge in [0.1, 0.15) is 23.2 Å². The third-order valence-corrected chi connectivity index (χ3v) is 5.72. The molecule has 0 bridgehead atoms. The first kappa shape index (κ1) is 26.1. The molecule has 0 unspecified atom stereocenters. The van der Waals surface area contributed by atoms with E-state index < -0.39 is 0 Å². The molecule has 3 aromatic heterocycles. The zero-order valence-corrected chi connectivity index (χ0v) is 21.4. The molecule has 0 aromatic carbocycles. The fraction of sp³-hybridized carbons (Fsp3) is 0.417. The predicted octanol–water partition coefficient (Wildman–Crippen LogP) is 2.77. The van der Waals surface area contributed by atoms with E-state index in [1.807, 2.05) is 31.7 Å². The molecule has 11 heteroatoms. The topological polar surface area (TPSA) is 120 Å².